The molecule has 0 spiro atoms. The Morgan fingerprint density at radius 3 is 2.56 bits per heavy atom. The highest BCUT2D eigenvalue weighted by Crippen LogP contribution is 2.46. The first-order valence-electron chi connectivity index (χ1n) is 6.75. The highest BCUT2D eigenvalue weighted by atomic mass is 16.5. The van der Waals surface area contributed by atoms with Crippen molar-refractivity contribution in [1.82, 2.24) is 10.6 Å². The predicted molar refractivity (Wildman–Crippen MR) is 66.9 cm³/mol. The van der Waals surface area contributed by atoms with Crippen LogP contribution in [0, 0.1) is 5.41 Å². The summed E-state index contributed by atoms with van der Waals surface area (Å²) in [7, 11) is 0. The standard InChI is InChI=1S/C13H22N2O3/c1-9(2)15-12(17)13(5-6-13)11(16)14-8-10-4-3-7-18-10/h9-10H,3-8H2,1-2H3,(H,14,16)(H,15,17). The highest BCUT2D eigenvalue weighted by Gasteiger charge is 2.56. The van der Waals surface area contributed by atoms with E-state index in [9.17, 15) is 9.59 Å². The average Bonchev–Trinajstić information content (AvgIpc) is 2.96. The van der Waals surface area contributed by atoms with Crippen LogP contribution in [0.15, 0.2) is 0 Å². The number of carbonyl (C=O) groups excluding carboxylic acids is 2. The van der Waals surface area contributed by atoms with Gasteiger partial charge in [0.1, 0.15) is 5.41 Å². The Morgan fingerprint density at radius 2 is 2.06 bits per heavy atom. The van der Waals surface area contributed by atoms with Crippen LogP contribution in [-0.2, 0) is 14.3 Å². The third-order valence-corrected chi connectivity index (χ3v) is 3.55. The summed E-state index contributed by atoms with van der Waals surface area (Å²) in [4.78, 5) is 24.1. The van der Waals surface area contributed by atoms with E-state index in [-0.39, 0.29) is 24.0 Å². The first-order valence-corrected chi connectivity index (χ1v) is 6.75. The lowest BCUT2D eigenvalue weighted by molar-refractivity contribution is -0.137. The molecule has 18 heavy (non-hydrogen) atoms. The molecule has 2 amide bonds. The zero-order chi connectivity index (χ0) is 13.2. The second-order valence-corrected chi connectivity index (χ2v) is 5.56. The largest absolute Gasteiger partial charge is 0.376 e. The summed E-state index contributed by atoms with van der Waals surface area (Å²) in [6.07, 6.45) is 3.48. The number of carbonyl (C=O) groups is 2. The van der Waals surface area contributed by atoms with E-state index >= 15 is 0 Å². The lowest BCUT2D eigenvalue weighted by Crippen LogP contribution is -2.46. The van der Waals surface area contributed by atoms with Crippen molar-refractivity contribution < 1.29 is 14.3 Å². The van der Waals surface area contributed by atoms with Crippen LogP contribution in [0.2, 0.25) is 0 Å². The number of hydrogen-bond donors (Lipinski definition) is 2. The molecule has 1 aliphatic heterocycles. The van der Waals surface area contributed by atoms with Gasteiger partial charge in [0.05, 0.1) is 6.10 Å². The van der Waals surface area contributed by atoms with Gasteiger partial charge in [-0.15, -0.1) is 0 Å². The van der Waals surface area contributed by atoms with Gasteiger partial charge in [0.2, 0.25) is 11.8 Å². The highest BCUT2D eigenvalue weighted by molar-refractivity contribution is 6.07. The molecule has 102 valence electrons. The second-order valence-electron chi connectivity index (χ2n) is 5.56. The topological polar surface area (TPSA) is 67.4 Å². The number of nitrogens with one attached hydrogen (secondary N) is 2. The van der Waals surface area contributed by atoms with E-state index < -0.39 is 5.41 Å². The van der Waals surface area contributed by atoms with E-state index in [2.05, 4.69) is 10.6 Å². The Morgan fingerprint density at radius 1 is 1.33 bits per heavy atom. The fourth-order valence-corrected chi connectivity index (χ4v) is 2.26. The second kappa shape index (κ2) is 5.26. The summed E-state index contributed by atoms with van der Waals surface area (Å²) in [5.41, 5.74) is -0.803. The molecule has 1 saturated carbocycles. The fraction of sp³-hybridized carbons (Fsp3) is 0.846. The molecule has 2 N–H and O–H groups in total. The molecule has 0 aromatic carbocycles. The summed E-state index contributed by atoms with van der Waals surface area (Å²) < 4.78 is 5.45. The molecule has 2 rings (SSSR count). The van der Waals surface area contributed by atoms with E-state index in [0.29, 0.717) is 19.4 Å². The maximum atomic E-state index is 12.1. The first kappa shape index (κ1) is 13.3. The van der Waals surface area contributed by atoms with Gasteiger partial charge in [0, 0.05) is 19.2 Å². The van der Waals surface area contributed by atoms with Crippen molar-refractivity contribution in [1.29, 1.82) is 0 Å². The maximum absolute atomic E-state index is 12.1. The van der Waals surface area contributed by atoms with Crippen molar-refractivity contribution in [3.8, 4) is 0 Å². The zero-order valence-electron chi connectivity index (χ0n) is 11.1. The van der Waals surface area contributed by atoms with Gasteiger partial charge in [-0.1, -0.05) is 0 Å². The van der Waals surface area contributed by atoms with Gasteiger partial charge in [-0.05, 0) is 39.5 Å². The van der Waals surface area contributed by atoms with Gasteiger partial charge in [-0.3, -0.25) is 9.59 Å². The molecule has 2 aliphatic rings. The number of hydrogen-bond acceptors (Lipinski definition) is 3. The monoisotopic (exact) mass is 254 g/mol. The molecule has 1 saturated heterocycles. The molecular formula is C13H22N2O3. The smallest absolute Gasteiger partial charge is 0.235 e. The van der Waals surface area contributed by atoms with E-state index in [1.807, 2.05) is 13.8 Å². The average molecular weight is 254 g/mol. The Hall–Kier alpha value is -1.10. The Balaban J connectivity index is 1.82. The van der Waals surface area contributed by atoms with E-state index in [4.69, 9.17) is 4.74 Å². The normalized spacial score (nSPS) is 24.9. The fourth-order valence-electron chi connectivity index (χ4n) is 2.26. The van der Waals surface area contributed by atoms with Gasteiger partial charge in [-0.25, -0.2) is 0 Å². The van der Waals surface area contributed by atoms with Crippen molar-refractivity contribution in [2.75, 3.05) is 13.2 Å². The van der Waals surface area contributed by atoms with E-state index in [1.54, 1.807) is 0 Å². The van der Waals surface area contributed by atoms with Crippen LogP contribution in [0.5, 0.6) is 0 Å². The lowest BCUT2D eigenvalue weighted by Gasteiger charge is -2.18. The van der Waals surface area contributed by atoms with Crippen LogP contribution in [0.3, 0.4) is 0 Å². The Kier molecular flexibility index (Phi) is 3.90. The van der Waals surface area contributed by atoms with Crippen molar-refractivity contribution in [2.24, 2.45) is 5.41 Å². The third kappa shape index (κ3) is 2.83. The first-order chi connectivity index (χ1) is 8.54. The molecule has 1 heterocycles. The van der Waals surface area contributed by atoms with Crippen molar-refractivity contribution in [3.05, 3.63) is 0 Å². The summed E-state index contributed by atoms with van der Waals surface area (Å²) >= 11 is 0. The lowest BCUT2D eigenvalue weighted by atomic mass is 10.0. The van der Waals surface area contributed by atoms with Crippen molar-refractivity contribution in [3.63, 3.8) is 0 Å². The third-order valence-electron chi connectivity index (χ3n) is 3.55. The van der Waals surface area contributed by atoms with Crippen LogP contribution < -0.4 is 10.6 Å². The number of amides is 2. The SMILES string of the molecule is CC(C)NC(=O)C1(C(=O)NCC2CCCO2)CC1. The number of rotatable bonds is 5. The number of ether oxygens (including phenoxy) is 1. The quantitative estimate of drug-likeness (QED) is 0.705. The zero-order valence-corrected chi connectivity index (χ0v) is 11.1. The predicted octanol–water partition coefficient (Wildman–Crippen LogP) is 0.586. The van der Waals surface area contributed by atoms with Crippen LogP contribution in [0.4, 0.5) is 0 Å². The minimum absolute atomic E-state index is 0.0703. The van der Waals surface area contributed by atoms with Crippen LogP contribution in [0.1, 0.15) is 39.5 Å². The Bertz CT molecular complexity index is 331. The molecule has 1 atom stereocenters. The molecule has 0 radical (unpaired) electrons. The molecule has 1 unspecified atom stereocenters. The van der Waals surface area contributed by atoms with Gasteiger partial charge >= 0.3 is 0 Å². The molecule has 2 fully saturated rings. The van der Waals surface area contributed by atoms with E-state index in [0.717, 1.165) is 19.4 Å². The molecule has 0 aromatic rings. The minimum atomic E-state index is -0.803. The van der Waals surface area contributed by atoms with Crippen LogP contribution in [0.25, 0.3) is 0 Å². The van der Waals surface area contributed by atoms with Crippen molar-refractivity contribution in [2.45, 2.75) is 51.7 Å². The van der Waals surface area contributed by atoms with E-state index in [1.165, 1.54) is 0 Å². The summed E-state index contributed by atoms with van der Waals surface area (Å²) in [6.45, 7) is 5.10. The van der Waals surface area contributed by atoms with Crippen LogP contribution >= 0.6 is 0 Å². The minimum Gasteiger partial charge on any atom is -0.376 e. The molecule has 0 aromatic heterocycles. The van der Waals surface area contributed by atoms with Crippen molar-refractivity contribution >= 4 is 11.8 Å². The van der Waals surface area contributed by atoms with Gasteiger partial charge < -0.3 is 15.4 Å². The van der Waals surface area contributed by atoms with Gasteiger partial charge in [-0.2, -0.15) is 0 Å². The summed E-state index contributed by atoms with van der Waals surface area (Å²) in [5.74, 6) is -0.279. The summed E-state index contributed by atoms with van der Waals surface area (Å²) in [5, 5.41) is 5.68. The summed E-state index contributed by atoms with van der Waals surface area (Å²) in [6, 6.07) is 0.0703. The molecular weight excluding hydrogens is 232 g/mol. The molecule has 5 heteroatoms. The molecule has 1 aliphatic carbocycles. The van der Waals surface area contributed by atoms with Gasteiger partial charge in [0.15, 0.2) is 0 Å². The van der Waals surface area contributed by atoms with Crippen LogP contribution in [-0.4, -0.2) is 37.1 Å². The Labute approximate surface area is 108 Å². The molecule has 5 nitrogen and oxygen atoms in total. The van der Waals surface area contributed by atoms with Gasteiger partial charge in [0.25, 0.3) is 0 Å². The molecule has 0 bridgehead atoms. The maximum Gasteiger partial charge on any atom is 0.235 e.